The fourth-order valence-corrected chi connectivity index (χ4v) is 4.28. The fraction of sp³-hybridized carbons (Fsp3) is 0.520. The first kappa shape index (κ1) is 24.6. The molecule has 1 aromatic rings. The Labute approximate surface area is 194 Å². The number of imide groups is 1. The van der Waals surface area contributed by atoms with Crippen molar-refractivity contribution in [1.82, 2.24) is 15.1 Å². The van der Waals surface area contributed by atoms with Crippen molar-refractivity contribution >= 4 is 23.6 Å². The van der Waals surface area contributed by atoms with E-state index in [9.17, 15) is 23.6 Å². The predicted octanol–water partition coefficient (Wildman–Crippen LogP) is 2.80. The molecule has 1 aromatic carbocycles. The number of likely N-dealkylation sites (tertiary alicyclic amines) is 1. The Kier molecular flexibility index (Phi) is 7.34. The van der Waals surface area contributed by atoms with E-state index >= 15 is 0 Å². The lowest BCUT2D eigenvalue weighted by molar-refractivity contribution is -0.144. The molecule has 1 saturated heterocycles. The highest BCUT2D eigenvalue weighted by Gasteiger charge is 2.47. The number of amides is 4. The molecule has 7 nitrogen and oxygen atoms in total. The number of fused-ring (bicyclic) bond motifs is 1. The Morgan fingerprint density at radius 3 is 2.15 bits per heavy atom. The normalized spacial score (nSPS) is 21.1. The second-order valence-electron chi connectivity index (χ2n) is 9.80. The third-order valence-corrected chi connectivity index (χ3v) is 6.08. The predicted molar refractivity (Wildman–Crippen MR) is 121 cm³/mol. The standard InChI is InChI=1S/C25H32FN3O4/c1-16(22(31)27-25(2,3)4)29(15-17-9-11-18(26)12-10-17)21(30)13-14-28-23(32)19-7-5-6-8-20(19)24(28)33/h5-6,9-12,16,19-20H,7-8,13-15H2,1-4H3,(H,27,31)/t16-,19-,20+/m1/s1. The quantitative estimate of drug-likeness (QED) is 0.504. The van der Waals surface area contributed by atoms with E-state index in [0.717, 1.165) is 0 Å². The van der Waals surface area contributed by atoms with Gasteiger partial charge in [-0.3, -0.25) is 24.1 Å². The Balaban J connectivity index is 1.72. The third kappa shape index (κ3) is 5.86. The van der Waals surface area contributed by atoms with Crippen LogP contribution < -0.4 is 5.32 Å². The minimum absolute atomic E-state index is 0.0168. The van der Waals surface area contributed by atoms with Crippen LogP contribution in [0, 0.1) is 17.7 Å². The van der Waals surface area contributed by atoms with E-state index in [1.165, 1.54) is 21.9 Å². The van der Waals surface area contributed by atoms with Crippen molar-refractivity contribution in [3.63, 3.8) is 0 Å². The largest absolute Gasteiger partial charge is 0.350 e. The lowest BCUT2D eigenvalue weighted by atomic mass is 9.85. The number of nitrogens with one attached hydrogen (secondary N) is 1. The van der Waals surface area contributed by atoms with Crippen LogP contribution in [0.4, 0.5) is 4.39 Å². The second-order valence-corrected chi connectivity index (χ2v) is 9.80. The zero-order chi connectivity index (χ0) is 24.3. The lowest BCUT2D eigenvalue weighted by Gasteiger charge is -2.32. The Hall–Kier alpha value is -3.03. The van der Waals surface area contributed by atoms with E-state index in [-0.39, 0.29) is 55.0 Å². The molecule has 1 fully saturated rings. The van der Waals surface area contributed by atoms with Gasteiger partial charge in [0.1, 0.15) is 11.9 Å². The summed E-state index contributed by atoms with van der Waals surface area (Å²) in [7, 11) is 0. The van der Waals surface area contributed by atoms with Crippen LogP contribution in [0.5, 0.6) is 0 Å². The summed E-state index contributed by atoms with van der Waals surface area (Å²) in [5, 5.41) is 2.88. The number of hydrogen-bond donors (Lipinski definition) is 1. The summed E-state index contributed by atoms with van der Waals surface area (Å²) in [4.78, 5) is 54.0. The summed E-state index contributed by atoms with van der Waals surface area (Å²) in [5.41, 5.74) is 0.194. The summed E-state index contributed by atoms with van der Waals surface area (Å²) in [6.07, 6.45) is 4.83. The average molecular weight is 458 g/mol. The van der Waals surface area contributed by atoms with Crippen LogP contribution in [0.15, 0.2) is 36.4 Å². The minimum atomic E-state index is -0.793. The molecule has 0 radical (unpaired) electrons. The number of nitrogens with zero attached hydrogens (tertiary/aromatic N) is 2. The molecule has 3 rings (SSSR count). The molecule has 1 N–H and O–H groups in total. The van der Waals surface area contributed by atoms with Crippen molar-refractivity contribution in [2.75, 3.05) is 6.54 Å². The molecule has 1 heterocycles. The zero-order valence-corrected chi connectivity index (χ0v) is 19.6. The molecular formula is C25H32FN3O4. The van der Waals surface area contributed by atoms with Crippen molar-refractivity contribution in [2.45, 2.75) is 65.1 Å². The number of benzene rings is 1. The van der Waals surface area contributed by atoms with Gasteiger partial charge in [-0.05, 0) is 58.2 Å². The molecule has 4 amide bonds. The first-order chi connectivity index (χ1) is 15.5. The van der Waals surface area contributed by atoms with Gasteiger partial charge in [0, 0.05) is 25.0 Å². The number of allylic oxidation sites excluding steroid dienone is 2. The van der Waals surface area contributed by atoms with Gasteiger partial charge in [-0.15, -0.1) is 0 Å². The molecule has 0 spiro atoms. The van der Waals surface area contributed by atoms with Gasteiger partial charge in [-0.2, -0.15) is 0 Å². The van der Waals surface area contributed by atoms with Crippen molar-refractivity contribution in [3.8, 4) is 0 Å². The smallest absolute Gasteiger partial charge is 0.242 e. The molecule has 0 aromatic heterocycles. The van der Waals surface area contributed by atoms with Gasteiger partial charge in [-0.1, -0.05) is 24.3 Å². The maximum Gasteiger partial charge on any atom is 0.242 e. The highest BCUT2D eigenvalue weighted by molar-refractivity contribution is 6.05. The van der Waals surface area contributed by atoms with Crippen molar-refractivity contribution in [3.05, 3.63) is 47.8 Å². The van der Waals surface area contributed by atoms with Crippen LogP contribution in [-0.2, 0) is 25.7 Å². The first-order valence-corrected chi connectivity index (χ1v) is 11.3. The van der Waals surface area contributed by atoms with Gasteiger partial charge in [0.2, 0.25) is 23.6 Å². The van der Waals surface area contributed by atoms with Crippen molar-refractivity contribution < 1.29 is 23.6 Å². The van der Waals surface area contributed by atoms with Crippen LogP contribution in [0.1, 0.15) is 52.5 Å². The molecule has 178 valence electrons. The number of rotatable bonds is 7. The van der Waals surface area contributed by atoms with Crippen LogP contribution in [0.25, 0.3) is 0 Å². The van der Waals surface area contributed by atoms with E-state index in [2.05, 4.69) is 5.32 Å². The minimum Gasteiger partial charge on any atom is -0.350 e. The number of halogens is 1. The molecule has 8 heteroatoms. The summed E-state index contributed by atoms with van der Waals surface area (Å²) in [5.74, 6) is -2.21. The Bertz CT molecular complexity index is 925. The zero-order valence-electron chi connectivity index (χ0n) is 19.6. The van der Waals surface area contributed by atoms with Gasteiger partial charge in [0.15, 0.2) is 0 Å². The maximum absolute atomic E-state index is 13.3. The van der Waals surface area contributed by atoms with Crippen LogP contribution in [0.2, 0.25) is 0 Å². The van der Waals surface area contributed by atoms with E-state index < -0.39 is 17.4 Å². The van der Waals surface area contributed by atoms with E-state index in [1.54, 1.807) is 19.1 Å². The Morgan fingerprint density at radius 2 is 1.64 bits per heavy atom. The van der Waals surface area contributed by atoms with Crippen molar-refractivity contribution in [1.29, 1.82) is 0 Å². The molecule has 0 saturated carbocycles. The molecule has 0 bridgehead atoms. The highest BCUT2D eigenvalue weighted by atomic mass is 19.1. The molecule has 0 unspecified atom stereocenters. The van der Waals surface area contributed by atoms with Gasteiger partial charge in [0.25, 0.3) is 0 Å². The summed E-state index contributed by atoms with van der Waals surface area (Å²) < 4.78 is 13.3. The van der Waals surface area contributed by atoms with Gasteiger partial charge >= 0.3 is 0 Å². The number of carbonyl (C=O) groups excluding carboxylic acids is 4. The van der Waals surface area contributed by atoms with Crippen LogP contribution in [0.3, 0.4) is 0 Å². The summed E-state index contributed by atoms with van der Waals surface area (Å²) in [6, 6.07) is 4.94. The SMILES string of the molecule is C[C@H](C(=O)NC(C)(C)C)N(Cc1ccc(F)cc1)C(=O)CCN1C(=O)[C@H]2CC=CC[C@H]2C1=O. The lowest BCUT2D eigenvalue weighted by Crippen LogP contribution is -2.52. The first-order valence-electron chi connectivity index (χ1n) is 11.3. The van der Waals surface area contributed by atoms with Gasteiger partial charge < -0.3 is 10.2 Å². The summed E-state index contributed by atoms with van der Waals surface area (Å²) >= 11 is 0. The topological polar surface area (TPSA) is 86.8 Å². The number of hydrogen-bond acceptors (Lipinski definition) is 4. The maximum atomic E-state index is 13.3. The summed E-state index contributed by atoms with van der Waals surface area (Å²) in [6.45, 7) is 7.27. The van der Waals surface area contributed by atoms with E-state index in [4.69, 9.17) is 0 Å². The van der Waals surface area contributed by atoms with Gasteiger partial charge in [0.05, 0.1) is 11.8 Å². The molecule has 33 heavy (non-hydrogen) atoms. The van der Waals surface area contributed by atoms with Crippen molar-refractivity contribution in [2.24, 2.45) is 11.8 Å². The third-order valence-electron chi connectivity index (χ3n) is 6.08. The van der Waals surface area contributed by atoms with Crippen LogP contribution >= 0.6 is 0 Å². The van der Waals surface area contributed by atoms with Gasteiger partial charge in [-0.25, -0.2) is 4.39 Å². The molecule has 1 aliphatic heterocycles. The molecule has 3 atom stereocenters. The van der Waals surface area contributed by atoms with E-state index in [1.807, 2.05) is 32.9 Å². The monoisotopic (exact) mass is 457 g/mol. The van der Waals surface area contributed by atoms with Crippen LogP contribution in [-0.4, -0.2) is 51.6 Å². The highest BCUT2D eigenvalue weighted by Crippen LogP contribution is 2.35. The van der Waals surface area contributed by atoms with E-state index in [0.29, 0.717) is 18.4 Å². The average Bonchev–Trinajstić information content (AvgIpc) is 3.00. The fourth-order valence-electron chi connectivity index (χ4n) is 4.28. The molecule has 2 aliphatic rings. The Morgan fingerprint density at radius 1 is 1.09 bits per heavy atom. The molecular weight excluding hydrogens is 425 g/mol. The molecule has 1 aliphatic carbocycles. The second kappa shape index (κ2) is 9.85. The number of carbonyl (C=O) groups is 4.